The van der Waals surface area contributed by atoms with Crippen molar-refractivity contribution in [2.45, 2.75) is 6.61 Å². The lowest BCUT2D eigenvalue weighted by molar-refractivity contribution is 0.224. The highest BCUT2D eigenvalue weighted by molar-refractivity contribution is 7.85. The number of anilines is 1. The van der Waals surface area contributed by atoms with Crippen LogP contribution in [0.15, 0.2) is 24.3 Å². The van der Waals surface area contributed by atoms with Crippen LogP contribution in [0.1, 0.15) is 5.56 Å². The summed E-state index contributed by atoms with van der Waals surface area (Å²) in [4.78, 5) is 11.6. The van der Waals surface area contributed by atoms with Gasteiger partial charge in [-0.3, -0.25) is 9.61 Å². The van der Waals surface area contributed by atoms with Gasteiger partial charge in [0.15, 0.2) is 0 Å². The summed E-state index contributed by atoms with van der Waals surface area (Å²) in [6.45, 7) is -0.128. The lowest BCUT2D eigenvalue weighted by Crippen LogP contribution is -2.39. The van der Waals surface area contributed by atoms with Crippen LogP contribution in [0.25, 0.3) is 0 Å². The number of rotatable bonds is 5. The highest BCUT2D eigenvalue weighted by atomic mass is 32.2. The molecule has 0 aromatic heterocycles. The molecule has 0 fully saturated rings. The fourth-order valence-electron chi connectivity index (χ4n) is 1.29. The van der Waals surface area contributed by atoms with E-state index < -0.39 is 16.1 Å². The van der Waals surface area contributed by atoms with Gasteiger partial charge in [-0.25, -0.2) is 9.80 Å². The zero-order valence-electron chi connectivity index (χ0n) is 11.0. The lowest BCUT2D eigenvalue weighted by Gasteiger charge is -2.14. The first-order valence-corrected chi connectivity index (χ1v) is 7.27. The molecule has 0 bridgehead atoms. The second kappa shape index (κ2) is 6.50. The quantitative estimate of drug-likeness (QED) is 0.616. The Bertz CT molecular complexity index is 543. The van der Waals surface area contributed by atoms with Crippen molar-refractivity contribution in [3.63, 3.8) is 0 Å². The summed E-state index contributed by atoms with van der Waals surface area (Å²) in [5.74, 6) is 0. The molecule has 0 aliphatic carbocycles. The van der Waals surface area contributed by atoms with Crippen LogP contribution in [0.5, 0.6) is 0 Å². The van der Waals surface area contributed by atoms with Gasteiger partial charge in [0, 0.05) is 25.3 Å². The Labute approximate surface area is 112 Å². The molecule has 1 rings (SSSR count). The number of hydrogen-bond acceptors (Lipinski definition) is 5. The highest BCUT2D eigenvalue weighted by Crippen LogP contribution is 2.16. The normalized spacial score (nSPS) is 11.4. The van der Waals surface area contributed by atoms with Crippen molar-refractivity contribution in [3.8, 4) is 0 Å². The molecule has 0 saturated heterocycles. The highest BCUT2D eigenvalue weighted by Gasteiger charge is 2.09. The van der Waals surface area contributed by atoms with E-state index in [2.05, 4.69) is 10.7 Å². The van der Waals surface area contributed by atoms with Gasteiger partial charge in [0.05, 0.1) is 12.9 Å². The summed E-state index contributed by atoms with van der Waals surface area (Å²) in [6, 6.07) is 6.38. The second-order valence-electron chi connectivity index (χ2n) is 4.08. The van der Waals surface area contributed by atoms with Gasteiger partial charge < -0.3 is 5.32 Å². The fourth-order valence-corrected chi connectivity index (χ4v) is 1.63. The number of amides is 2. The van der Waals surface area contributed by atoms with Crippen molar-refractivity contribution in [1.82, 2.24) is 10.4 Å². The van der Waals surface area contributed by atoms with E-state index in [1.165, 1.54) is 5.01 Å². The first-order chi connectivity index (χ1) is 8.78. The SMILES string of the molecule is CN(C)NC(=O)Nc1ccccc1COS(C)(=O)=O. The van der Waals surface area contributed by atoms with Crippen molar-refractivity contribution in [3.05, 3.63) is 29.8 Å². The molecule has 0 aliphatic heterocycles. The van der Waals surface area contributed by atoms with Crippen LogP contribution in [0.3, 0.4) is 0 Å². The first kappa shape index (κ1) is 15.4. The minimum Gasteiger partial charge on any atom is -0.307 e. The predicted octanol–water partition coefficient (Wildman–Crippen LogP) is 0.761. The van der Waals surface area contributed by atoms with Crippen LogP contribution in [0.4, 0.5) is 10.5 Å². The maximum Gasteiger partial charge on any atom is 0.333 e. The Morgan fingerprint density at radius 3 is 2.53 bits per heavy atom. The monoisotopic (exact) mass is 287 g/mol. The van der Waals surface area contributed by atoms with Crippen LogP contribution < -0.4 is 10.7 Å². The van der Waals surface area contributed by atoms with Gasteiger partial charge in [0.1, 0.15) is 0 Å². The summed E-state index contributed by atoms with van der Waals surface area (Å²) in [6.07, 6.45) is 0.974. The van der Waals surface area contributed by atoms with E-state index >= 15 is 0 Å². The summed E-state index contributed by atoms with van der Waals surface area (Å²) >= 11 is 0. The van der Waals surface area contributed by atoms with Gasteiger partial charge in [-0.05, 0) is 6.07 Å². The molecule has 1 aromatic carbocycles. The molecule has 0 saturated carbocycles. The zero-order chi connectivity index (χ0) is 14.5. The number of carbonyl (C=O) groups is 1. The minimum atomic E-state index is -3.52. The Balaban J connectivity index is 2.75. The molecule has 106 valence electrons. The minimum absolute atomic E-state index is 0.128. The van der Waals surface area contributed by atoms with E-state index in [1.807, 2.05) is 0 Å². The van der Waals surface area contributed by atoms with Crippen LogP contribution in [0, 0.1) is 0 Å². The molecule has 1 aromatic rings. The zero-order valence-corrected chi connectivity index (χ0v) is 11.8. The van der Waals surface area contributed by atoms with Gasteiger partial charge >= 0.3 is 6.03 Å². The molecule has 2 N–H and O–H groups in total. The molecule has 7 nitrogen and oxygen atoms in total. The lowest BCUT2D eigenvalue weighted by atomic mass is 10.2. The van der Waals surface area contributed by atoms with E-state index in [1.54, 1.807) is 38.4 Å². The average Bonchev–Trinajstić information content (AvgIpc) is 2.25. The fraction of sp³-hybridized carbons (Fsp3) is 0.364. The predicted molar refractivity (Wildman–Crippen MR) is 71.9 cm³/mol. The van der Waals surface area contributed by atoms with Crippen molar-refractivity contribution >= 4 is 21.8 Å². The Hall–Kier alpha value is -1.64. The van der Waals surface area contributed by atoms with Gasteiger partial charge in [0.25, 0.3) is 10.1 Å². The summed E-state index contributed by atoms with van der Waals surface area (Å²) < 4.78 is 26.6. The van der Waals surface area contributed by atoms with E-state index in [4.69, 9.17) is 4.18 Å². The second-order valence-corrected chi connectivity index (χ2v) is 5.73. The smallest absolute Gasteiger partial charge is 0.307 e. The number of hydrazine groups is 1. The van der Waals surface area contributed by atoms with E-state index in [-0.39, 0.29) is 6.61 Å². The Morgan fingerprint density at radius 2 is 1.95 bits per heavy atom. The largest absolute Gasteiger partial charge is 0.333 e. The Kier molecular flexibility index (Phi) is 5.28. The van der Waals surface area contributed by atoms with Crippen molar-refractivity contribution in [1.29, 1.82) is 0 Å². The summed E-state index contributed by atoms with van der Waals surface area (Å²) in [7, 11) is -0.165. The molecule has 0 atom stereocenters. The third kappa shape index (κ3) is 6.18. The molecular weight excluding hydrogens is 270 g/mol. The standard InChI is InChI=1S/C11H17N3O4S/c1-14(2)13-11(15)12-10-7-5-4-6-9(10)8-18-19(3,16)17/h4-7H,8H2,1-3H3,(H2,12,13,15). The number of urea groups is 1. The van der Waals surface area contributed by atoms with Gasteiger partial charge in [0.2, 0.25) is 0 Å². The van der Waals surface area contributed by atoms with Crippen LogP contribution in [0.2, 0.25) is 0 Å². The average molecular weight is 287 g/mol. The Morgan fingerprint density at radius 1 is 1.32 bits per heavy atom. The number of benzene rings is 1. The molecule has 2 amide bonds. The first-order valence-electron chi connectivity index (χ1n) is 5.45. The van der Waals surface area contributed by atoms with E-state index in [9.17, 15) is 13.2 Å². The maximum atomic E-state index is 11.6. The number of para-hydroxylation sites is 1. The summed E-state index contributed by atoms with van der Waals surface area (Å²) in [5.41, 5.74) is 3.58. The number of hydrogen-bond donors (Lipinski definition) is 2. The topological polar surface area (TPSA) is 87.7 Å². The van der Waals surface area contributed by atoms with Crippen molar-refractivity contribution in [2.24, 2.45) is 0 Å². The van der Waals surface area contributed by atoms with E-state index in [0.717, 1.165) is 6.26 Å². The van der Waals surface area contributed by atoms with Crippen LogP contribution in [-0.2, 0) is 20.9 Å². The molecular formula is C11H17N3O4S. The van der Waals surface area contributed by atoms with E-state index in [0.29, 0.717) is 11.3 Å². The van der Waals surface area contributed by atoms with Crippen LogP contribution in [-0.4, -0.2) is 39.8 Å². The van der Waals surface area contributed by atoms with Crippen molar-refractivity contribution < 1.29 is 17.4 Å². The molecule has 0 heterocycles. The molecule has 19 heavy (non-hydrogen) atoms. The molecule has 0 spiro atoms. The van der Waals surface area contributed by atoms with Crippen LogP contribution >= 0.6 is 0 Å². The number of carbonyl (C=O) groups excluding carboxylic acids is 1. The summed E-state index contributed by atoms with van der Waals surface area (Å²) in [5, 5.41) is 4.10. The third-order valence-corrected chi connectivity index (χ3v) is 2.57. The third-order valence-electron chi connectivity index (χ3n) is 2.02. The molecule has 0 aliphatic rings. The maximum absolute atomic E-state index is 11.6. The molecule has 0 unspecified atom stereocenters. The van der Waals surface area contributed by atoms with Crippen molar-refractivity contribution in [2.75, 3.05) is 25.7 Å². The number of nitrogens with one attached hydrogen (secondary N) is 2. The molecule has 0 radical (unpaired) electrons. The number of nitrogens with zero attached hydrogens (tertiary/aromatic N) is 1. The van der Waals surface area contributed by atoms with Gasteiger partial charge in [-0.2, -0.15) is 8.42 Å². The van der Waals surface area contributed by atoms with Gasteiger partial charge in [-0.15, -0.1) is 0 Å². The molecule has 8 heteroatoms. The van der Waals surface area contributed by atoms with Gasteiger partial charge in [-0.1, -0.05) is 18.2 Å².